The number of rotatable bonds is 9. The van der Waals surface area contributed by atoms with E-state index in [1.807, 2.05) is 23.5 Å². The van der Waals surface area contributed by atoms with E-state index in [1.165, 1.54) is 0 Å². The minimum Gasteiger partial charge on any atom is -0.413 e. The summed E-state index contributed by atoms with van der Waals surface area (Å²) in [6.45, 7) is 9.05. The van der Waals surface area contributed by atoms with Crippen LogP contribution in [0, 0.1) is 23.7 Å². The highest BCUT2D eigenvalue weighted by atomic mass is 32.2. The van der Waals surface area contributed by atoms with Crippen molar-refractivity contribution in [2.45, 2.75) is 75.5 Å². The molecule has 38 heavy (non-hydrogen) atoms. The van der Waals surface area contributed by atoms with Crippen molar-refractivity contribution >= 4 is 49.4 Å². The van der Waals surface area contributed by atoms with Gasteiger partial charge in [-0.2, -0.15) is 35.3 Å². The van der Waals surface area contributed by atoms with E-state index in [4.69, 9.17) is 23.4 Å². The maximum Gasteiger partial charge on any atom is 0.192 e. The van der Waals surface area contributed by atoms with Gasteiger partial charge in [0.05, 0.1) is 50.5 Å². The zero-order chi connectivity index (χ0) is 26.8. The van der Waals surface area contributed by atoms with Gasteiger partial charge in [0.25, 0.3) is 0 Å². The van der Waals surface area contributed by atoms with Gasteiger partial charge in [-0.25, -0.2) is 0 Å². The van der Waals surface area contributed by atoms with Gasteiger partial charge in [0.2, 0.25) is 0 Å². The van der Waals surface area contributed by atoms with Crippen LogP contribution < -0.4 is 0 Å². The molecule has 0 bridgehead atoms. The van der Waals surface area contributed by atoms with Gasteiger partial charge in [-0.15, -0.1) is 0 Å². The standard InChI is InChI=1S/C27H46O7S3Si/c1-4-38(5-2,6-3)34-25(22-18-36-14-8-27(22)32-11-12-33-27)20-16-37-15-19(23(20)28)24(29)21-17-35-13-7-26(21)30-9-10-31-26/h19-22,24-25,29H,4-18H2,1-3H3/t19-,20-,21-,22+,24+,25+/m1/s1. The summed E-state index contributed by atoms with van der Waals surface area (Å²) in [4.78, 5) is 14.4. The third-order valence-corrected chi connectivity index (χ3v) is 17.7. The van der Waals surface area contributed by atoms with E-state index in [0.717, 1.165) is 59.7 Å². The van der Waals surface area contributed by atoms with E-state index in [0.29, 0.717) is 32.2 Å². The Kier molecular flexibility index (Phi) is 10.3. The van der Waals surface area contributed by atoms with Crippen LogP contribution in [0.3, 0.4) is 0 Å². The van der Waals surface area contributed by atoms with Gasteiger partial charge in [0, 0.05) is 47.7 Å². The number of aliphatic hydroxyl groups excluding tert-OH is 1. The van der Waals surface area contributed by atoms with E-state index in [2.05, 4.69) is 20.8 Å². The highest BCUT2D eigenvalue weighted by Gasteiger charge is 2.57. The van der Waals surface area contributed by atoms with Gasteiger partial charge in [0.1, 0.15) is 5.78 Å². The summed E-state index contributed by atoms with van der Waals surface area (Å²) in [5, 5.41) is 11.8. The number of carbonyl (C=O) groups excluding carboxylic acids is 1. The van der Waals surface area contributed by atoms with Gasteiger partial charge >= 0.3 is 0 Å². The Morgan fingerprint density at radius 2 is 1.32 bits per heavy atom. The van der Waals surface area contributed by atoms with Crippen LogP contribution in [0.25, 0.3) is 0 Å². The number of ether oxygens (including phenoxy) is 4. The zero-order valence-corrected chi connectivity index (χ0v) is 26.6. The Labute approximate surface area is 242 Å². The van der Waals surface area contributed by atoms with Crippen LogP contribution in [0.5, 0.6) is 0 Å². The molecule has 1 N–H and O–H groups in total. The molecular weight excluding hydrogens is 561 g/mol. The van der Waals surface area contributed by atoms with Crippen LogP contribution in [0.1, 0.15) is 33.6 Å². The van der Waals surface area contributed by atoms with Crippen molar-refractivity contribution in [1.29, 1.82) is 0 Å². The normalized spacial score (nSPS) is 35.1. The molecule has 0 aromatic rings. The largest absolute Gasteiger partial charge is 0.413 e. The number of aliphatic hydroxyl groups is 1. The average Bonchev–Trinajstić information content (AvgIpc) is 3.61. The molecule has 0 amide bonds. The van der Waals surface area contributed by atoms with Crippen LogP contribution in [0.15, 0.2) is 0 Å². The minimum atomic E-state index is -2.04. The highest BCUT2D eigenvalue weighted by Crippen LogP contribution is 2.48. The van der Waals surface area contributed by atoms with Crippen LogP contribution in [-0.4, -0.2) is 104 Å². The second kappa shape index (κ2) is 12.9. The molecule has 0 saturated carbocycles. The van der Waals surface area contributed by atoms with Gasteiger partial charge in [-0.3, -0.25) is 4.79 Å². The lowest BCUT2D eigenvalue weighted by molar-refractivity contribution is -0.220. The summed E-state index contributed by atoms with van der Waals surface area (Å²) in [5.74, 6) is 2.76. The fourth-order valence-corrected chi connectivity index (χ4v) is 14.0. The number of thioether (sulfide) groups is 3. The predicted molar refractivity (Wildman–Crippen MR) is 158 cm³/mol. The SMILES string of the molecule is CC[Si](CC)(CC)O[C@@H]([C@@H]1CSC[C@@H]([C@H](O)[C@H]2CSCCC23OCCO3)C1=O)[C@@H]1CSCCC12OCCO2. The van der Waals surface area contributed by atoms with Crippen LogP contribution in [0.2, 0.25) is 18.1 Å². The van der Waals surface area contributed by atoms with Gasteiger partial charge in [0.15, 0.2) is 19.9 Å². The van der Waals surface area contributed by atoms with E-state index < -0.39 is 31.9 Å². The summed E-state index contributed by atoms with van der Waals surface area (Å²) in [7, 11) is -2.04. The first kappa shape index (κ1) is 30.2. The number of hydrogen-bond donors (Lipinski definition) is 1. The molecule has 5 aliphatic heterocycles. The van der Waals surface area contributed by atoms with E-state index >= 15 is 0 Å². The van der Waals surface area contributed by atoms with Gasteiger partial charge < -0.3 is 28.5 Å². The van der Waals surface area contributed by atoms with Crippen molar-refractivity contribution in [2.75, 3.05) is 60.9 Å². The van der Waals surface area contributed by atoms with Crippen molar-refractivity contribution in [3.8, 4) is 0 Å². The second-order valence-electron chi connectivity index (χ2n) is 11.3. The fourth-order valence-electron chi connectivity index (χ4n) is 7.13. The quantitative estimate of drug-likeness (QED) is 0.384. The van der Waals surface area contributed by atoms with Crippen LogP contribution in [-0.2, 0) is 28.2 Å². The number of carbonyl (C=O) groups is 1. The molecular formula is C27H46O7S3Si. The first-order valence-corrected chi connectivity index (χ1v) is 20.6. The third-order valence-electron chi connectivity index (χ3n) is 9.73. The van der Waals surface area contributed by atoms with Crippen LogP contribution in [0.4, 0.5) is 0 Å². The summed E-state index contributed by atoms with van der Waals surface area (Å²) in [5.41, 5.74) is 0. The molecule has 11 heteroatoms. The first-order chi connectivity index (χ1) is 18.4. The van der Waals surface area contributed by atoms with Crippen molar-refractivity contribution in [3.63, 3.8) is 0 Å². The van der Waals surface area contributed by atoms with Gasteiger partial charge in [-0.05, 0) is 29.6 Å². The van der Waals surface area contributed by atoms with Crippen LogP contribution >= 0.6 is 35.3 Å². The minimum absolute atomic E-state index is 0.00351. The molecule has 5 saturated heterocycles. The summed E-state index contributed by atoms with van der Waals surface area (Å²) < 4.78 is 32.2. The molecule has 7 nitrogen and oxygen atoms in total. The Bertz CT molecular complexity index is 795. The molecule has 2 spiro atoms. The maximum absolute atomic E-state index is 14.4. The first-order valence-electron chi connectivity index (χ1n) is 14.6. The van der Waals surface area contributed by atoms with E-state index in [1.54, 1.807) is 11.8 Å². The lowest BCUT2D eigenvalue weighted by atomic mass is 9.76. The molecule has 0 aliphatic carbocycles. The molecule has 218 valence electrons. The molecule has 0 aromatic heterocycles. The molecule has 6 atom stereocenters. The molecule has 5 rings (SSSR count). The highest BCUT2D eigenvalue weighted by molar-refractivity contribution is 7.99. The van der Waals surface area contributed by atoms with Gasteiger partial charge in [-0.1, -0.05) is 20.8 Å². The molecule has 5 aliphatic rings. The lowest BCUT2D eigenvalue weighted by Crippen LogP contribution is -2.60. The zero-order valence-electron chi connectivity index (χ0n) is 23.2. The van der Waals surface area contributed by atoms with Crippen molar-refractivity contribution in [3.05, 3.63) is 0 Å². The Morgan fingerprint density at radius 1 is 0.816 bits per heavy atom. The molecule has 0 unspecified atom stereocenters. The molecule has 0 radical (unpaired) electrons. The second-order valence-corrected chi connectivity index (χ2v) is 19.4. The molecule has 0 aromatic carbocycles. The Hall–Kier alpha value is 0.697. The van der Waals surface area contributed by atoms with Crippen molar-refractivity contribution in [1.82, 2.24) is 0 Å². The topological polar surface area (TPSA) is 83.5 Å². The summed E-state index contributed by atoms with van der Waals surface area (Å²) >= 11 is 5.53. The molecule has 5 fully saturated rings. The maximum atomic E-state index is 14.4. The predicted octanol–water partition coefficient (Wildman–Crippen LogP) is 4.28. The van der Waals surface area contributed by atoms with E-state index in [9.17, 15) is 9.90 Å². The van der Waals surface area contributed by atoms with Crippen molar-refractivity contribution < 1.29 is 33.3 Å². The Balaban J connectivity index is 1.44. The average molecular weight is 607 g/mol. The Morgan fingerprint density at radius 3 is 1.87 bits per heavy atom. The summed E-state index contributed by atoms with van der Waals surface area (Å²) in [6, 6.07) is 3.09. The van der Waals surface area contributed by atoms with E-state index in [-0.39, 0.29) is 29.6 Å². The number of Topliss-reactive ketones (excluding diaryl/α,β-unsaturated/α-hetero) is 1. The summed E-state index contributed by atoms with van der Waals surface area (Å²) in [6.07, 6.45) is 0.550. The lowest BCUT2D eigenvalue weighted by Gasteiger charge is -2.49. The molecule has 5 heterocycles. The smallest absolute Gasteiger partial charge is 0.192 e. The number of hydrogen-bond acceptors (Lipinski definition) is 10. The third kappa shape index (κ3) is 5.68. The monoisotopic (exact) mass is 606 g/mol. The number of ketones is 1. The fraction of sp³-hybridized carbons (Fsp3) is 0.963. The van der Waals surface area contributed by atoms with Crippen molar-refractivity contribution in [2.24, 2.45) is 23.7 Å².